The molecular weight excluding hydrogens is 327 g/mol. The number of unbranched alkanes of at least 4 members (excludes halogenated alkanes) is 1. The van der Waals surface area contributed by atoms with E-state index in [2.05, 4.69) is 9.84 Å². The van der Waals surface area contributed by atoms with Gasteiger partial charge in [-0.2, -0.15) is 0 Å². The summed E-state index contributed by atoms with van der Waals surface area (Å²) in [4.78, 5) is 27.0. The molecule has 0 aromatic carbocycles. The van der Waals surface area contributed by atoms with E-state index >= 15 is 0 Å². The molecule has 138 valence electrons. The molecule has 0 saturated heterocycles. The SMILES string of the molecule is CCCCC(C)OP(=O)(O)O.N=C(N)NCCCC(N)C(=O)O. The topological polar surface area (TPSA) is 192 Å². The van der Waals surface area contributed by atoms with Crippen LogP contribution in [0, 0.1) is 5.41 Å². The molecule has 0 radical (unpaired) electrons. The number of phosphoric acid groups is 1. The fourth-order valence-corrected chi connectivity index (χ4v) is 2.02. The molecule has 0 fully saturated rings. The van der Waals surface area contributed by atoms with Crippen LogP contribution in [0.25, 0.3) is 0 Å². The molecule has 0 aliphatic heterocycles. The van der Waals surface area contributed by atoms with Gasteiger partial charge in [-0.1, -0.05) is 19.8 Å². The number of hydrogen-bond acceptors (Lipinski definition) is 5. The van der Waals surface area contributed by atoms with Gasteiger partial charge in [0.2, 0.25) is 0 Å². The quantitative estimate of drug-likeness (QED) is 0.125. The summed E-state index contributed by atoms with van der Waals surface area (Å²) >= 11 is 0. The van der Waals surface area contributed by atoms with Gasteiger partial charge in [0.05, 0.1) is 6.10 Å². The predicted octanol–water partition coefficient (Wildman–Crippen LogP) is 0.336. The Labute approximate surface area is 136 Å². The van der Waals surface area contributed by atoms with Crippen LogP contribution >= 0.6 is 7.82 Å². The lowest BCUT2D eigenvalue weighted by Gasteiger charge is -2.12. The molecule has 0 rings (SSSR count). The van der Waals surface area contributed by atoms with Crippen LogP contribution < -0.4 is 16.8 Å². The van der Waals surface area contributed by atoms with Gasteiger partial charge in [-0.3, -0.25) is 14.7 Å². The Morgan fingerprint density at radius 2 is 1.91 bits per heavy atom. The first kappa shape index (κ1) is 24.1. The Morgan fingerprint density at radius 3 is 2.30 bits per heavy atom. The van der Waals surface area contributed by atoms with Crippen LogP contribution in [-0.2, 0) is 13.9 Å². The van der Waals surface area contributed by atoms with E-state index in [-0.39, 0.29) is 12.1 Å². The Kier molecular flexibility index (Phi) is 13.9. The summed E-state index contributed by atoms with van der Waals surface area (Å²) < 4.78 is 14.7. The Balaban J connectivity index is 0. The minimum Gasteiger partial charge on any atom is -0.480 e. The van der Waals surface area contributed by atoms with Crippen LogP contribution in [0.3, 0.4) is 0 Å². The smallest absolute Gasteiger partial charge is 0.469 e. The largest absolute Gasteiger partial charge is 0.480 e. The molecule has 0 aromatic heterocycles. The third kappa shape index (κ3) is 20.8. The van der Waals surface area contributed by atoms with E-state index in [4.69, 9.17) is 31.8 Å². The zero-order valence-electron chi connectivity index (χ0n) is 13.6. The van der Waals surface area contributed by atoms with E-state index in [1.807, 2.05) is 6.92 Å². The number of carboxylic acid groups (broad SMARTS) is 1. The van der Waals surface area contributed by atoms with Gasteiger partial charge in [0.25, 0.3) is 0 Å². The molecule has 0 aliphatic carbocycles. The van der Waals surface area contributed by atoms with Crippen molar-refractivity contribution in [2.24, 2.45) is 11.5 Å². The van der Waals surface area contributed by atoms with Crippen LogP contribution in [0.1, 0.15) is 46.0 Å². The lowest BCUT2D eigenvalue weighted by atomic mass is 10.2. The average Bonchev–Trinajstić information content (AvgIpc) is 2.39. The van der Waals surface area contributed by atoms with Crippen LogP contribution in [0.5, 0.6) is 0 Å². The van der Waals surface area contributed by atoms with Gasteiger partial charge in [0.15, 0.2) is 5.96 Å². The number of nitrogens with two attached hydrogens (primary N) is 2. The molecule has 0 spiro atoms. The van der Waals surface area contributed by atoms with Crippen molar-refractivity contribution < 1.29 is 28.8 Å². The van der Waals surface area contributed by atoms with Crippen molar-refractivity contribution in [3.05, 3.63) is 0 Å². The number of carboxylic acids is 1. The normalized spacial score (nSPS) is 13.4. The predicted molar refractivity (Wildman–Crippen MR) is 86.9 cm³/mol. The number of guanidine groups is 1. The number of phosphoric ester groups is 1. The first-order valence-corrected chi connectivity index (χ1v) is 8.82. The number of aliphatic carboxylic acids is 1. The lowest BCUT2D eigenvalue weighted by Crippen LogP contribution is -2.34. The number of carbonyl (C=O) groups is 1. The second-order valence-electron chi connectivity index (χ2n) is 4.98. The monoisotopic (exact) mass is 356 g/mol. The van der Waals surface area contributed by atoms with Crippen molar-refractivity contribution >= 4 is 19.8 Å². The van der Waals surface area contributed by atoms with Crippen LogP contribution in [0.15, 0.2) is 0 Å². The van der Waals surface area contributed by atoms with E-state index < -0.39 is 19.8 Å². The molecule has 11 heteroatoms. The van der Waals surface area contributed by atoms with Crippen LogP contribution in [-0.4, -0.2) is 45.5 Å². The molecule has 9 N–H and O–H groups in total. The van der Waals surface area contributed by atoms with E-state index in [1.54, 1.807) is 6.92 Å². The molecule has 0 heterocycles. The van der Waals surface area contributed by atoms with Crippen molar-refractivity contribution in [3.63, 3.8) is 0 Å². The van der Waals surface area contributed by atoms with Gasteiger partial charge < -0.3 is 31.7 Å². The first-order chi connectivity index (χ1) is 10.5. The minimum atomic E-state index is -4.26. The molecule has 0 bridgehead atoms. The highest BCUT2D eigenvalue weighted by Gasteiger charge is 2.17. The third-order valence-electron chi connectivity index (χ3n) is 2.61. The van der Waals surface area contributed by atoms with Gasteiger partial charge in [-0.25, -0.2) is 4.57 Å². The zero-order chi connectivity index (χ0) is 18.5. The molecule has 23 heavy (non-hydrogen) atoms. The number of hydrogen-bond donors (Lipinski definition) is 7. The van der Waals surface area contributed by atoms with E-state index in [0.717, 1.165) is 12.8 Å². The number of rotatable bonds is 10. The minimum absolute atomic E-state index is 0.112. The highest BCUT2D eigenvalue weighted by molar-refractivity contribution is 7.46. The standard InChI is InChI=1S/C6H14N4O2.C6H15O4P/c7-4(5(11)12)2-1-3-10-6(8)9;1-3-4-5-6(2)10-11(7,8)9/h4H,1-3,7H2,(H,11,12)(H4,8,9,10);6H,3-5H2,1-2H3,(H2,7,8,9). The Bertz CT molecular complexity index is 390. The maximum absolute atomic E-state index is 10.3. The van der Waals surface area contributed by atoms with Gasteiger partial charge in [0.1, 0.15) is 6.04 Å². The molecule has 0 aromatic rings. The summed E-state index contributed by atoms with van der Waals surface area (Å²) in [6.45, 7) is 4.16. The van der Waals surface area contributed by atoms with Crippen LogP contribution in [0.2, 0.25) is 0 Å². The summed E-state index contributed by atoms with van der Waals surface area (Å²) in [6.07, 6.45) is 3.26. The van der Waals surface area contributed by atoms with Gasteiger partial charge >= 0.3 is 13.8 Å². The molecule has 2 unspecified atom stereocenters. The van der Waals surface area contributed by atoms with E-state index in [9.17, 15) is 9.36 Å². The summed E-state index contributed by atoms with van der Waals surface area (Å²) in [5.74, 6) is -1.11. The molecular formula is C12H29N4O6P. The maximum Gasteiger partial charge on any atom is 0.469 e. The summed E-state index contributed by atoms with van der Waals surface area (Å²) in [6, 6.07) is -0.821. The molecule has 10 nitrogen and oxygen atoms in total. The summed E-state index contributed by atoms with van der Waals surface area (Å²) in [5.41, 5.74) is 10.2. The van der Waals surface area contributed by atoms with E-state index in [0.29, 0.717) is 25.8 Å². The molecule has 0 amide bonds. The summed E-state index contributed by atoms with van der Waals surface area (Å²) in [7, 11) is -4.26. The van der Waals surface area contributed by atoms with Crippen molar-refractivity contribution in [1.82, 2.24) is 5.32 Å². The van der Waals surface area contributed by atoms with Crippen molar-refractivity contribution in [3.8, 4) is 0 Å². The van der Waals surface area contributed by atoms with Crippen molar-refractivity contribution in [2.75, 3.05) is 6.54 Å². The zero-order valence-corrected chi connectivity index (χ0v) is 14.5. The molecule has 0 saturated carbocycles. The van der Waals surface area contributed by atoms with Crippen LogP contribution in [0.4, 0.5) is 0 Å². The third-order valence-corrected chi connectivity index (χ3v) is 3.24. The Morgan fingerprint density at radius 1 is 1.35 bits per heavy atom. The van der Waals surface area contributed by atoms with Gasteiger partial charge in [-0.05, 0) is 26.2 Å². The molecule has 0 aliphatic rings. The highest BCUT2D eigenvalue weighted by Crippen LogP contribution is 2.38. The fourth-order valence-electron chi connectivity index (χ4n) is 1.45. The highest BCUT2D eigenvalue weighted by atomic mass is 31.2. The maximum atomic E-state index is 10.3. The first-order valence-electron chi connectivity index (χ1n) is 7.29. The summed E-state index contributed by atoms with van der Waals surface area (Å²) in [5, 5.41) is 17.7. The van der Waals surface area contributed by atoms with Gasteiger partial charge in [0, 0.05) is 6.54 Å². The second-order valence-corrected chi connectivity index (χ2v) is 6.17. The van der Waals surface area contributed by atoms with Crippen molar-refractivity contribution in [1.29, 1.82) is 5.41 Å². The average molecular weight is 356 g/mol. The second kappa shape index (κ2) is 13.3. The lowest BCUT2D eigenvalue weighted by molar-refractivity contribution is -0.138. The molecule has 2 atom stereocenters. The fraction of sp³-hybridized carbons (Fsp3) is 0.833. The van der Waals surface area contributed by atoms with E-state index in [1.165, 1.54) is 0 Å². The van der Waals surface area contributed by atoms with Gasteiger partial charge in [-0.15, -0.1) is 0 Å². The van der Waals surface area contributed by atoms with Crippen molar-refractivity contribution in [2.45, 2.75) is 58.1 Å². The number of nitrogens with one attached hydrogen (secondary N) is 2. The Hall–Kier alpha value is -1.19.